The number of benzene rings is 1. The van der Waals surface area contributed by atoms with Crippen molar-refractivity contribution >= 4 is 130 Å². The smallest absolute Gasteiger partial charge is 0.410 e. The van der Waals surface area contributed by atoms with Gasteiger partial charge in [0.25, 0.3) is 23.6 Å². The van der Waals surface area contributed by atoms with Crippen molar-refractivity contribution < 1.29 is 77.4 Å². The van der Waals surface area contributed by atoms with Gasteiger partial charge >= 0.3 is 30.0 Å². The highest BCUT2D eigenvalue weighted by atomic mass is 33.1. The molecular formula is C61H99N7O16S6. The molecule has 5 aliphatic heterocycles. The number of carbonyl (C=O) groups is 11. The molecule has 6 rings (SSSR count). The van der Waals surface area contributed by atoms with E-state index in [0.717, 1.165) is 107 Å². The summed E-state index contributed by atoms with van der Waals surface area (Å²) in [5.74, 6) is 0.826. The number of nitrogens with zero attached hydrogens (tertiary/aromatic N) is 4. The predicted octanol–water partition coefficient (Wildman–Crippen LogP) is 9.95. The zero-order valence-electron chi connectivity index (χ0n) is 53.4. The number of amides is 7. The highest BCUT2D eigenvalue weighted by Crippen LogP contribution is 2.29. The third kappa shape index (κ3) is 36.7. The van der Waals surface area contributed by atoms with E-state index >= 15 is 0 Å². The number of aliphatic carboxylic acids is 2. The van der Waals surface area contributed by atoms with Gasteiger partial charge in [-0.25, -0.2) is 14.4 Å². The predicted molar refractivity (Wildman–Crippen MR) is 359 cm³/mol. The summed E-state index contributed by atoms with van der Waals surface area (Å²) in [6.45, 7) is 18.1. The number of ether oxygens (including phenoxy) is 1. The Hall–Kier alpha value is -4.39. The number of carboxylic acid groups (broad SMARTS) is 2. The fourth-order valence-corrected chi connectivity index (χ4v) is 15.4. The largest absolute Gasteiger partial charge is 0.481 e. The third-order valence-electron chi connectivity index (χ3n) is 14.4. The fraction of sp³-hybridized carbons (Fsp3) is 0.721. The van der Waals surface area contributed by atoms with Gasteiger partial charge in [0, 0.05) is 111 Å². The van der Waals surface area contributed by atoms with E-state index in [-0.39, 0.29) is 63.4 Å². The summed E-state index contributed by atoms with van der Waals surface area (Å²) in [5, 5.41) is 23.9. The van der Waals surface area contributed by atoms with Crippen molar-refractivity contribution in [3.63, 3.8) is 0 Å². The Kier molecular flexibility index (Phi) is 44.7. The van der Waals surface area contributed by atoms with Crippen LogP contribution in [-0.2, 0) is 69.0 Å². The maximum atomic E-state index is 12.3. The van der Waals surface area contributed by atoms with Gasteiger partial charge in [0.15, 0.2) is 0 Å². The highest BCUT2D eigenvalue weighted by molar-refractivity contribution is 8.77. The van der Waals surface area contributed by atoms with Gasteiger partial charge in [-0.15, -0.1) is 10.1 Å². The molecule has 29 heteroatoms. The van der Waals surface area contributed by atoms with Crippen LogP contribution in [0, 0.1) is 17.8 Å². The molecule has 0 aliphatic carbocycles. The van der Waals surface area contributed by atoms with E-state index in [0.29, 0.717) is 82.4 Å². The second-order valence-corrected chi connectivity index (χ2v) is 30.4. The quantitative estimate of drug-likeness (QED) is 0.0243. The fourth-order valence-electron chi connectivity index (χ4n) is 9.56. The van der Waals surface area contributed by atoms with Crippen LogP contribution in [0.15, 0.2) is 30.3 Å². The number of carboxylic acids is 2. The van der Waals surface area contributed by atoms with Crippen LogP contribution < -0.4 is 16.4 Å². The summed E-state index contributed by atoms with van der Waals surface area (Å²) in [4.78, 5) is 138. The molecule has 0 saturated carbocycles. The monoisotopic (exact) mass is 1380 g/mol. The normalized spacial score (nSPS) is 20.0. The molecule has 0 aromatic heterocycles. The van der Waals surface area contributed by atoms with Gasteiger partial charge in [0.05, 0.1) is 25.7 Å². The van der Waals surface area contributed by atoms with Gasteiger partial charge in [-0.2, -0.15) is 0 Å². The molecule has 5 heterocycles. The maximum Gasteiger partial charge on any atom is 0.410 e. The van der Waals surface area contributed by atoms with Crippen molar-refractivity contribution in [3.8, 4) is 0 Å². The topological polar surface area (TPSA) is 319 Å². The molecule has 7 amide bonds. The van der Waals surface area contributed by atoms with Gasteiger partial charge in [-0.1, -0.05) is 149 Å². The van der Waals surface area contributed by atoms with Crippen LogP contribution >= 0.6 is 64.8 Å². The molecule has 0 radical (unpaired) electrons. The van der Waals surface area contributed by atoms with Gasteiger partial charge in [0.2, 0.25) is 11.8 Å². The number of hydrogen-bond acceptors (Lipinski definition) is 22. The molecule has 23 nitrogen and oxygen atoms in total. The number of imide groups is 2. The highest BCUT2D eigenvalue weighted by Gasteiger charge is 2.35. The minimum absolute atomic E-state index is 0.00401. The first kappa shape index (κ1) is 81.7. The third-order valence-corrected chi connectivity index (χ3v) is 21.6. The lowest BCUT2D eigenvalue weighted by Gasteiger charge is -2.23. The van der Waals surface area contributed by atoms with Gasteiger partial charge < -0.3 is 50.8 Å². The van der Waals surface area contributed by atoms with E-state index in [9.17, 15) is 52.7 Å². The number of likely N-dealkylation sites (tertiary alicyclic amines) is 2. The van der Waals surface area contributed by atoms with Crippen LogP contribution in [0.3, 0.4) is 0 Å². The Balaban J connectivity index is 0.000000404. The molecule has 0 bridgehead atoms. The second-order valence-electron chi connectivity index (χ2n) is 22.3. The van der Waals surface area contributed by atoms with E-state index in [1.807, 2.05) is 35.2 Å². The van der Waals surface area contributed by atoms with E-state index in [2.05, 4.69) is 57.1 Å². The SMILES string of the molecule is CC[C@@H]1C[C@@H](C)CN1.CC[C@@H]1C[C@@H](C)CN1C(=O)CCSSCCC(=O)NCCCCCCN.CC[C@@H]1C[C@@H](C)CN1C(=O)OCc1ccccc1.O=C(CCSSCCC(=O)ON1C(=O)CCC1=O)ON1C(=O)CCC1=O.O=C(O)CCSSCCC(=O)O. The summed E-state index contributed by atoms with van der Waals surface area (Å²) in [6.07, 6.45) is 12.8. The number of nitrogens with two attached hydrogens (primary N) is 1. The maximum absolute atomic E-state index is 12.3. The number of rotatable bonds is 34. The van der Waals surface area contributed by atoms with E-state index < -0.39 is 47.5 Å². The molecule has 1 aromatic rings. The molecule has 5 fully saturated rings. The number of hydroxylamine groups is 4. The Labute approximate surface area is 556 Å². The minimum Gasteiger partial charge on any atom is -0.481 e. The Morgan fingerprint density at radius 2 is 1.01 bits per heavy atom. The summed E-state index contributed by atoms with van der Waals surface area (Å²) in [6, 6.07) is 11.4. The first-order valence-corrected chi connectivity index (χ1v) is 38.9. The van der Waals surface area contributed by atoms with E-state index in [1.54, 1.807) is 21.6 Å². The number of hydrogen-bond donors (Lipinski definition) is 5. The molecule has 1 aromatic carbocycles. The zero-order valence-corrected chi connectivity index (χ0v) is 58.3. The van der Waals surface area contributed by atoms with Crippen molar-refractivity contribution in [1.82, 2.24) is 30.6 Å². The van der Waals surface area contributed by atoms with Crippen LogP contribution in [0.2, 0.25) is 0 Å². The summed E-state index contributed by atoms with van der Waals surface area (Å²) in [7, 11) is 8.79. The molecule has 0 spiro atoms. The van der Waals surface area contributed by atoms with Crippen molar-refractivity contribution in [2.45, 2.75) is 195 Å². The second kappa shape index (κ2) is 49.2. The first-order chi connectivity index (χ1) is 43.1. The van der Waals surface area contributed by atoms with Crippen LogP contribution in [0.5, 0.6) is 0 Å². The lowest BCUT2D eigenvalue weighted by molar-refractivity contribution is -0.197. The summed E-state index contributed by atoms with van der Waals surface area (Å²) >= 11 is 0. The van der Waals surface area contributed by atoms with Gasteiger partial charge in [-0.05, 0) is 87.8 Å². The Morgan fingerprint density at radius 1 is 0.567 bits per heavy atom. The summed E-state index contributed by atoms with van der Waals surface area (Å²) < 4.78 is 5.38. The van der Waals surface area contributed by atoms with Crippen molar-refractivity contribution in [1.29, 1.82) is 0 Å². The van der Waals surface area contributed by atoms with Crippen LogP contribution in [-0.4, -0.2) is 181 Å². The van der Waals surface area contributed by atoms with E-state index in [4.69, 9.17) is 30.4 Å². The minimum atomic E-state index is -0.818. The molecule has 510 valence electrons. The number of nitrogens with one attached hydrogen (secondary N) is 2. The molecule has 5 saturated heterocycles. The van der Waals surface area contributed by atoms with Crippen molar-refractivity contribution in [3.05, 3.63) is 35.9 Å². The Morgan fingerprint density at radius 3 is 1.44 bits per heavy atom. The molecule has 90 heavy (non-hydrogen) atoms. The van der Waals surface area contributed by atoms with Crippen molar-refractivity contribution in [2.24, 2.45) is 23.5 Å². The van der Waals surface area contributed by atoms with Gasteiger partial charge in [0.1, 0.15) is 6.61 Å². The van der Waals surface area contributed by atoms with Crippen LogP contribution in [0.1, 0.15) is 176 Å². The van der Waals surface area contributed by atoms with E-state index in [1.165, 1.54) is 62.6 Å². The lowest BCUT2D eigenvalue weighted by Crippen LogP contribution is -2.35. The molecular weight excluding hydrogens is 1280 g/mol. The Bertz CT molecular complexity index is 2250. The molecule has 6 atom stereocenters. The standard InChI is InChI=1S/C19H37N3O2S2.C15H21NO2.C14H16N2O8S2.C7H15N.C6H10O4S2/c1-3-17-14-16(2)15-22(17)19(24)9-13-26-25-12-8-18(23)21-11-7-5-4-6-10-20;1-3-14-9-12(2)10-16(14)15(17)18-11-13-7-5-4-6-8-13;17-9-1-2-10(18)15(9)23-13(21)5-7-25-26-8-6-14(22)24-16-11(19)3-4-12(16)20;1-3-7-4-6(2)5-8-7;7-5(8)1-3-11-12-4-2-6(9)10/h16-17H,3-15,20H2,1-2H3,(H,21,23);4-8,12,14H,3,9-11H2,1-2H3;1-8H2;6-8H,3-5H2,1-2H3;1-4H2,(H,7,8)(H,9,10)/t16-,17-;12-,14-;;6-,7-;/m11.1./s1. The average molecular weight is 1380 g/mol. The number of carbonyl (C=O) groups excluding carboxylic acids is 9. The van der Waals surface area contributed by atoms with Gasteiger partial charge in [-0.3, -0.25) is 38.4 Å². The number of unbranched alkanes of at least 4 members (excludes halogenated alkanes) is 3. The average Bonchev–Trinajstić information content (AvgIpc) is 3.00. The van der Waals surface area contributed by atoms with Crippen molar-refractivity contribution in [2.75, 3.05) is 67.2 Å². The zero-order chi connectivity index (χ0) is 66.6. The first-order valence-electron chi connectivity index (χ1n) is 31.4. The molecule has 0 unspecified atom stereocenters. The van der Waals surface area contributed by atoms with Crippen LogP contribution in [0.25, 0.3) is 0 Å². The molecule has 5 aliphatic rings. The lowest BCUT2D eigenvalue weighted by atomic mass is 10.1. The van der Waals surface area contributed by atoms with Crippen LogP contribution in [0.4, 0.5) is 4.79 Å². The molecule has 6 N–H and O–H groups in total. The summed E-state index contributed by atoms with van der Waals surface area (Å²) in [5.41, 5.74) is 6.49.